The van der Waals surface area contributed by atoms with Crippen molar-refractivity contribution >= 4 is 11.3 Å². The van der Waals surface area contributed by atoms with Crippen LogP contribution in [0.4, 0.5) is 0 Å². The van der Waals surface area contributed by atoms with Crippen molar-refractivity contribution in [3.63, 3.8) is 0 Å². The molecule has 3 heterocycles. The normalized spacial score (nSPS) is 22.8. The third kappa shape index (κ3) is 3.79. The lowest BCUT2D eigenvalue weighted by Gasteiger charge is -2.36. The Kier molecular flexibility index (Phi) is 4.41. The van der Waals surface area contributed by atoms with E-state index in [2.05, 4.69) is 37.4 Å². The molecule has 2 aliphatic rings. The molecular weight excluding hydrogens is 310 g/mol. The summed E-state index contributed by atoms with van der Waals surface area (Å²) in [4.78, 5) is 13.8. The third-order valence-corrected chi connectivity index (χ3v) is 5.41. The van der Waals surface area contributed by atoms with Crippen molar-refractivity contribution in [2.45, 2.75) is 50.7 Å². The largest absolute Gasteiger partial charge is 0.339 e. The maximum atomic E-state index is 5.37. The van der Waals surface area contributed by atoms with Crippen LogP contribution in [0.5, 0.6) is 0 Å². The number of piperidine rings is 1. The monoisotopic (exact) mass is 333 g/mol. The molecular formula is C16H23N5OS. The van der Waals surface area contributed by atoms with Gasteiger partial charge in [-0.25, -0.2) is 4.98 Å². The molecule has 6 nitrogen and oxygen atoms in total. The standard InChI is InChI=1S/C16H23N5OS/c1-20(7-13-10-23-11-17-13)14-3-2-6-21(8-14)9-15-18-16(22-19-15)12-4-5-12/h10-12,14H,2-9H2,1H3/t14-/m1/s1. The molecule has 2 aromatic heterocycles. The second-order valence-electron chi connectivity index (χ2n) is 6.75. The molecule has 4 rings (SSSR count). The zero-order chi connectivity index (χ0) is 15.6. The van der Waals surface area contributed by atoms with Crippen LogP contribution in [-0.4, -0.2) is 51.1 Å². The first kappa shape index (κ1) is 15.2. The summed E-state index contributed by atoms with van der Waals surface area (Å²) >= 11 is 1.67. The van der Waals surface area contributed by atoms with E-state index in [0.29, 0.717) is 12.0 Å². The lowest BCUT2D eigenvalue weighted by atomic mass is 10.0. The van der Waals surface area contributed by atoms with E-state index >= 15 is 0 Å². The van der Waals surface area contributed by atoms with E-state index in [9.17, 15) is 0 Å². The quantitative estimate of drug-likeness (QED) is 0.809. The first-order chi connectivity index (χ1) is 11.3. The highest BCUT2D eigenvalue weighted by molar-refractivity contribution is 7.07. The number of nitrogens with zero attached hydrogens (tertiary/aromatic N) is 5. The van der Waals surface area contributed by atoms with E-state index < -0.39 is 0 Å². The predicted octanol–water partition coefficient (Wildman–Crippen LogP) is 2.50. The van der Waals surface area contributed by atoms with Crippen LogP contribution in [0, 0.1) is 0 Å². The van der Waals surface area contributed by atoms with Crippen LogP contribution in [0.15, 0.2) is 15.4 Å². The van der Waals surface area contributed by atoms with Gasteiger partial charge in [-0.15, -0.1) is 11.3 Å². The van der Waals surface area contributed by atoms with Crippen molar-refractivity contribution in [2.75, 3.05) is 20.1 Å². The highest BCUT2D eigenvalue weighted by Crippen LogP contribution is 2.38. The SMILES string of the molecule is CN(Cc1cscn1)[C@@H]1CCCN(Cc2noc(C3CC3)n2)C1. The second-order valence-corrected chi connectivity index (χ2v) is 7.47. The van der Waals surface area contributed by atoms with Gasteiger partial charge in [0, 0.05) is 30.4 Å². The average molecular weight is 333 g/mol. The Hall–Kier alpha value is -1.31. The van der Waals surface area contributed by atoms with E-state index in [1.807, 2.05) is 5.51 Å². The van der Waals surface area contributed by atoms with Crippen LogP contribution in [0.1, 0.15) is 49.0 Å². The Balaban J connectivity index is 1.32. The minimum atomic E-state index is 0.537. The zero-order valence-electron chi connectivity index (χ0n) is 13.5. The average Bonchev–Trinajstić information content (AvgIpc) is 3.09. The molecule has 1 aliphatic heterocycles. The summed E-state index contributed by atoms with van der Waals surface area (Å²) in [6, 6.07) is 0.570. The molecule has 1 saturated carbocycles. The highest BCUT2D eigenvalue weighted by atomic mass is 32.1. The molecule has 0 N–H and O–H groups in total. The molecule has 2 fully saturated rings. The molecule has 1 saturated heterocycles. The number of likely N-dealkylation sites (N-methyl/N-ethyl adjacent to an activating group) is 1. The Morgan fingerprint density at radius 1 is 1.39 bits per heavy atom. The summed E-state index contributed by atoms with van der Waals surface area (Å²) in [7, 11) is 2.20. The molecule has 1 atom stereocenters. The minimum Gasteiger partial charge on any atom is -0.339 e. The van der Waals surface area contributed by atoms with Gasteiger partial charge in [-0.3, -0.25) is 9.80 Å². The molecule has 7 heteroatoms. The summed E-state index contributed by atoms with van der Waals surface area (Å²) in [5, 5.41) is 6.29. The van der Waals surface area contributed by atoms with Gasteiger partial charge < -0.3 is 4.52 Å². The van der Waals surface area contributed by atoms with Gasteiger partial charge >= 0.3 is 0 Å². The van der Waals surface area contributed by atoms with Crippen molar-refractivity contribution in [3.8, 4) is 0 Å². The summed E-state index contributed by atoms with van der Waals surface area (Å²) in [5.74, 6) is 2.22. The predicted molar refractivity (Wildman–Crippen MR) is 88.2 cm³/mol. The van der Waals surface area contributed by atoms with Crippen molar-refractivity contribution < 1.29 is 4.52 Å². The van der Waals surface area contributed by atoms with Crippen molar-refractivity contribution in [2.24, 2.45) is 0 Å². The van der Waals surface area contributed by atoms with E-state index in [1.54, 1.807) is 11.3 Å². The first-order valence-electron chi connectivity index (χ1n) is 8.40. The van der Waals surface area contributed by atoms with Gasteiger partial charge in [-0.05, 0) is 39.3 Å². The number of rotatable bonds is 6. The van der Waals surface area contributed by atoms with Crippen LogP contribution in [0.3, 0.4) is 0 Å². The Labute approximate surface area is 140 Å². The van der Waals surface area contributed by atoms with Crippen LogP contribution in [-0.2, 0) is 13.1 Å². The molecule has 0 amide bonds. The smallest absolute Gasteiger partial charge is 0.229 e. The fraction of sp³-hybridized carbons (Fsp3) is 0.688. The number of hydrogen-bond acceptors (Lipinski definition) is 7. The molecule has 2 aromatic rings. The van der Waals surface area contributed by atoms with E-state index in [0.717, 1.165) is 37.9 Å². The maximum absolute atomic E-state index is 5.37. The summed E-state index contributed by atoms with van der Waals surface area (Å²) in [6.45, 7) is 3.91. The molecule has 124 valence electrons. The Morgan fingerprint density at radius 2 is 2.30 bits per heavy atom. The van der Waals surface area contributed by atoms with Crippen molar-refractivity contribution in [1.82, 2.24) is 24.9 Å². The van der Waals surface area contributed by atoms with Gasteiger partial charge in [0.2, 0.25) is 5.89 Å². The number of aromatic nitrogens is 3. The van der Waals surface area contributed by atoms with Crippen LogP contribution < -0.4 is 0 Å². The first-order valence-corrected chi connectivity index (χ1v) is 9.34. The lowest BCUT2D eigenvalue weighted by molar-refractivity contribution is 0.104. The fourth-order valence-electron chi connectivity index (χ4n) is 3.26. The molecule has 1 aliphatic carbocycles. The van der Waals surface area contributed by atoms with E-state index in [1.165, 1.54) is 31.4 Å². The van der Waals surface area contributed by atoms with Crippen molar-refractivity contribution in [3.05, 3.63) is 28.3 Å². The zero-order valence-corrected chi connectivity index (χ0v) is 14.3. The highest BCUT2D eigenvalue weighted by Gasteiger charge is 2.30. The summed E-state index contributed by atoms with van der Waals surface area (Å²) in [6.07, 6.45) is 4.87. The summed E-state index contributed by atoms with van der Waals surface area (Å²) < 4.78 is 5.37. The summed E-state index contributed by atoms with van der Waals surface area (Å²) in [5.41, 5.74) is 3.08. The molecule has 0 radical (unpaired) electrons. The van der Waals surface area contributed by atoms with Crippen LogP contribution in [0.2, 0.25) is 0 Å². The van der Waals surface area contributed by atoms with Crippen molar-refractivity contribution in [1.29, 1.82) is 0 Å². The number of likely N-dealkylation sites (tertiary alicyclic amines) is 1. The van der Waals surface area contributed by atoms with Gasteiger partial charge in [-0.1, -0.05) is 5.16 Å². The number of thiazole rings is 1. The molecule has 0 unspecified atom stereocenters. The Morgan fingerprint density at radius 3 is 3.09 bits per heavy atom. The second kappa shape index (κ2) is 6.67. The Bertz CT molecular complexity index is 624. The van der Waals surface area contributed by atoms with E-state index in [4.69, 9.17) is 4.52 Å². The third-order valence-electron chi connectivity index (χ3n) is 4.77. The van der Waals surface area contributed by atoms with E-state index in [-0.39, 0.29) is 0 Å². The van der Waals surface area contributed by atoms with Crippen LogP contribution >= 0.6 is 11.3 Å². The number of hydrogen-bond donors (Lipinski definition) is 0. The molecule has 0 bridgehead atoms. The maximum Gasteiger partial charge on any atom is 0.229 e. The fourth-order valence-corrected chi connectivity index (χ4v) is 3.81. The van der Waals surface area contributed by atoms with Gasteiger partial charge in [0.25, 0.3) is 0 Å². The lowest BCUT2D eigenvalue weighted by Crippen LogP contribution is -2.45. The van der Waals surface area contributed by atoms with Gasteiger partial charge in [-0.2, -0.15) is 4.98 Å². The molecule has 0 spiro atoms. The molecule has 0 aromatic carbocycles. The topological polar surface area (TPSA) is 58.3 Å². The van der Waals surface area contributed by atoms with Gasteiger partial charge in [0.15, 0.2) is 5.82 Å². The van der Waals surface area contributed by atoms with Gasteiger partial charge in [0.05, 0.1) is 17.7 Å². The van der Waals surface area contributed by atoms with Gasteiger partial charge in [0.1, 0.15) is 0 Å². The van der Waals surface area contributed by atoms with Crippen LogP contribution in [0.25, 0.3) is 0 Å². The minimum absolute atomic E-state index is 0.537. The molecule has 23 heavy (non-hydrogen) atoms.